The third-order valence-electron chi connectivity index (χ3n) is 4.72. The number of amides is 1. The summed E-state index contributed by atoms with van der Waals surface area (Å²) in [4.78, 5) is 20.3. The fourth-order valence-electron chi connectivity index (χ4n) is 3.16. The Morgan fingerprint density at radius 3 is 2.59 bits per heavy atom. The molecule has 0 radical (unpaired) electrons. The number of methoxy groups -OCH3 is 1. The summed E-state index contributed by atoms with van der Waals surface area (Å²) in [6.45, 7) is 8.58. The predicted molar refractivity (Wildman–Crippen MR) is 87.0 cm³/mol. The van der Waals surface area contributed by atoms with E-state index in [9.17, 15) is 4.79 Å². The van der Waals surface area contributed by atoms with Gasteiger partial charge in [0.15, 0.2) is 0 Å². The second-order valence-electron chi connectivity index (χ2n) is 6.18. The minimum absolute atomic E-state index is 0.152. The zero-order chi connectivity index (χ0) is 16.3. The fraction of sp³-hybridized carbons (Fsp3) is 0.647. The first-order valence-corrected chi connectivity index (χ1v) is 7.88. The lowest BCUT2D eigenvalue weighted by Gasteiger charge is -2.36. The standard InChI is InChI=1S/C17H27N3O2/c1-12-10-18-16(13(2)17(12)22-5)11-20-8-6-15(7-9-20)19(4)14(3)21/h10,15H,6-9,11H2,1-5H3. The molecular formula is C17H27N3O2. The van der Waals surface area contributed by atoms with E-state index in [-0.39, 0.29) is 5.91 Å². The van der Waals surface area contributed by atoms with Crippen LogP contribution in [-0.4, -0.2) is 54.0 Å². The largest absolute Gasteiger partial charge is 0.496 e. The van der Waals surface area contributed by atoms with Gasteiger partial charge in [-0.1, -0.05) is 0 Å². The van der Waals surface area contributed by atoms with Crippen molar-refractivity contribution in [3.05, 3.63) is 23.0 Å². The third kappa shape index (κ3) is 3.58. The fourth-order valence-corrected chi connectivity index (χ4v) is 3.16. The highest BCUT2D eigenvalue weighted by molar-refractivity contribution is 5.73. The van der Waals surface area contributed by atoms with Crippen LogP contribution in [0.15, 0.2) is 6.20 Å². The molecule has 122 valence electrons. The van der Waals surface area contributed by atoms with Gasteiger partial charge in [-0.2, -0.15) is 0 Å². The van der Waals surface area contributed by atoms with Gasteiger partial charge in [0.05, 0.1) is 12.8 Å². The molecule has 1 fully saturated rings. The van der Waals surface area contributed by atoms with Crippen LogP contribution in [0.5, 0.6) is 5.75 Å². The molecule has 2 rings (SSSR count). The number of carbonyl (C=O) groups is 1. The summed E-state index contributed by atoms with van der Waals surface area (Å²) in [5.74, 6) is 1.09. The van der Waals surface area contributed by atoms with Crippen molar-refractivity contribution >= 4 is 5.91 Å². The number of likely N-dealkylation sites (tertiary alicyclic amines) is 1. The van der Waals surface area contributed by atoms with Crippen LogP contribution in [-0.2, 0) is 11.3 Å². The number of hydrogen-bond donors (Lipinski definition) is 0. The van der Waals surface area contributed by atoms with E-state index in [0.29, 0.717) is 6.04 Å². The van der Waals surface area contributed by atoms with Crippen molar-refractivity contribution in [2.45, 2.75) is 46.2 Å². The van der Waals surface area contributed by atoms with Gasteiger partial charge in [0, 0.05) is 57.0 Å². The number of hydrogen-bond acceptors (Lipinski definition) is 4. The number of nitrogens with zero attached hydrogens (tertiary/aromatic N) is 3. The molecule has 2 heterocycles. The van der Waals surface area contributed by atoms with Crippen LogP contribution in [0, 0.1) is 13.8 Å². The van der Waals surface area contributed by atoms with Crippen LogP contribution < -0.4 is 4.74 Å². The molecule has 1 amide bonds. The average molecular weight is 305 g/mol. The first kappa shape index (κ1) is 16.7. The minimum Gasteiger partial charge on any atom is -0.496 e. The number of aromatic nitrogens is 1. The Kier molecular flexibility index (Phi) is 5.40. The second kappa shape index (κ2) is 7.09. The lowest BCUT2D eigenvalue weighted by molar-refractivity contribution is -0.130. The van der Waals surface area contributed by atoms with Crippen LogP contribution in [0.4, 0.5) is 0 Å². The Hall–Kier alpha value is -1.62. The molecule has 0 saturated carbocycles. The van der Waals surface area contributed by atoms with Crippen LogP contribution in [0.3, 0.4) is 0 Å². The Morgan fingerprint density at radius 2 is 2.05 bits per heavy atom. The first-order valence-electron chi connectivity index (χ1n) is 7.88. The van der Waals surface area contributed by atoms with E-state index in [1.54, 1.807) is 14.0 Å². The Labute approximate surface area is 133 Å². The van der Waals surface area contributed by atoms with Crippen molar-refractivity contribution in [3.63, 3.8) is 0 Å². The average Bonchev–Trinajstić information content (AvgIpc) is 2.50. The van der Waals surface area contributed by atoms with E-state index >= 15 is 0 Å². The summed E-state index contributed by atoms with van der Waals surface area (Å²) in [5, 5.41) is 0. The number of piperidine rings is 1. The van der Waals surface area contributed by atoms with Crippen LogP contribution >= 0.6 is 0 Å². The van der Waals surface area contributed by atoms with Crippen molar-refractivity contribution in [2.75, 3.05) is 27.2 Å². The second-order valence-corrected chi connectivity index (χ2v) is 6.18. The van der Waals surface area contributed by atoms with Crippen LogP contribution in [0.1, 0.15) is 36.6 Å². The summed E-state index contributed by atoms with van der Waals surface area (Å²) >= 11 is 0. The summed E-state index contributed by atoms with van der Waals surface area (Å²) < 4.78 is 5.48. The highest BCUT2D eigenvalue weighted by atomic mass is 16.5. The molecule has 1 aromatic heterocycles. The molecule has 1 saturated heterocycles. The molecule has 0 aliphatic carbocycles. The number of rotatable bonds is 4. The van der Waals surface area contributed by atoms with E-state index < -0.39 is 0 Å². The molecule has 1 aliphatic heterocycles. The topological polar surface area (TPSA) is 45.7 Å². The van der Waals surface area contributed by atoms with Gasteiger partial charge in [-0.05, 0) is 26.7 Å². The predicted octanol–water partition coefficient (Wildman–Crippen LogP) is 2.15. The molecule has 1 aliphatic rings. The molecule has 0 spiro atoms. The zero-order valence-corrected chi connectivity index (χ0v) is 14.3. The number of pyridine rings is 1. The van der Waals surface area contributed by atoms with Crippen molar-refractivity contribution < 1.29 is 9.53 Å². The lowest BCUT2D eigenvalue weighted by atomic mass is 10.0. The molecule has 5 nitrogen and oxygen atoms in total. The maximum atomic E-state index is 11.5. The Balaban J connectivity index is 1.98. The van der Waals surface area contributed by atoms with Gasteiger partial charge >= 0.3 is 0 Å². The molecule has 1 aromatic rings. The maximum Gasteiger partial charge on any atom is 0.219 e. The molecular weight excluding hydrogens is 278 g/mol. The van der Waals surface area contributed by atoms with Gasteiger partial charge in [-0.25, -0.2) is 0 Å². The molecule has 0 atom stereocenters. The summed E-state index contributed by atoms with van der Waals surface area (Å²) in [7, 11) is 3.61. The van der Waals surface area contributed by atoms with E-state index in [1.165, 1.54) is 0 Å². The summed E-state index contributed by atoms with van der Waals surface area (Å²) in [6.07, 6.45) is 3.94. The molecule has 0 N–H and O–H groups in total. The van der Waals surface area contributed by atoms with Gasteiger partial charge in [0.1, 0.15) is 5.75 Å². The van der Waals surface area contributed by atoms with Crippen LogP contribution in [0.2, 0.25) is 0 Å². The van der Waals surface area contributed by atoms with Crippen molar-refractivity contribution in [3.8, 4) is 5.75 Å². The molecule has 0 unspecified atom stereocenters. The van der Waals surface area contributed by atoms with E-state index in [2.05, 4.69) is 16.8 Å². The smallest absolute Gasteiger partial charge is 0.219 e. The van der Waals surface area contributed by atoms with Gasteiger partial charge in [0.2, 0.25) is 5.91 Å². The normalized spacial score (nSPS) is 16.6. The number of carbonyl (C=O) groups excluding carboxylic acids is 1. The van der Waals surface area contributed by atoms with Gasteiger partial charge in [-0.15, -0.1) is 0 Å². The highest BCUT2D eigenvalue weighted by Crippen LogP contribution is 2.25. The minimum atomic E-state index is 0.152. The van der Waals surface area contributed by atoms with E-state index in [0.717, 1.165) is 55.0 Å². The summed E-state index contributed by atoms with van der Waals surface area (Å²) in [5.41, 5.74) is 3.29. The number of aryl methyl sites for hydroxylation is 1. The molecule has 5 heteroatoms. The number of ether oxygens (including phenoxy) is 1. The van der Waals surface area contributed by atoms with Gasteiger partial charge in [0.25, 0.3) is 0 Å². The van der Waals surface area contributed by atoms with Crippen molar-refractivity contribution in [1.82, 2.24) is 14.8 Å². The van der Waals surface area contributed by atoms with Crippen molar-refractivity contribution in [1.29, 1.82) is 0 Å². The quantitative estimate of drug-likeness (QED) is 0.855. The Morgan fingerprint density at radius 1 is 1.41 bits per heavy atom. The lowest BCUT2D eigenvalue weighted by Crippen LogP contribution is -2.44. The maximum absolute atomic E-state index is 11.5. The van der Waals surface area contributed by atoms with Crippen molar-refractivity contribution in [2.24, 2.45) is 0 Å². The Bertz CT molecular complexity index is 537. The third-order valence-corrected chi connectivity index (χ3v) is 4.72. The molecule has 0 aromatic carbocycles. The zero-order valence-electron chi connectivity index (χ0n) is 14.3. The van der Waals surface area contributed by atoms with E-state index in [4.69, 9.17) is 4.74 Å². The van der Waals surface area contributed by atoms with Crippen LogP contribution in [0.25, 0.3) is 0 Å². The van der Waals surface area contributed by atoms with Gasteiger partial charge < -0.3 is 9.64 Å². The first-order chi connectivity index (χ1) is 10.4. The SMILES string of the molecule is COc1c(C)cnc(CN2CCC(N(C)C(C)=O)CC2)c1C. The highest BCUT2D eigenvalue weighted by Gasteiger charge is 2.24. The molecule has 0 bridgehead atoms. The summed E-state index contributed by atoms with van der Waals surface area (Å²) in [6, 6.07) is 0.371. The van der Waals surface area contributed by atoms with Gasteiger partial charge in [-0.3, -0.25) is 14.7 Å². The van der Waals surface area contributed by atoms with E-state index in [1.807, 2.05) is 25.1 Å². The molecule has 22 heavy (non-hydrogen) atoms. The monoisotopic (exact) mass is 305 g/mol.